The monoisotopic (exact) mass is 677 g/mol. The number of rotatable bonds is 15. The largest absolute Gasteiger partial charge is 0.493 e. The zero-order valence-corrected chi connectivity index (χ0v) is 28.6. The van der Waals surface area contributed by atoms with Gasteiger partial charge in [-0.3, -0.25) is 13.9 Å². The Balaban J connectivity index is 1.82. The highest BCUT2D eigenvalue weighted by Crippen LogP contribution is 2.33. The summed E-state index contributed by atoms with van der Waals surface area (Å²) in [5.41, 5.74) is 2.66. The van der Waals surface area contributed by atoms with Crippen molar-refractivity contribution in [1.82, 2.24) is 10.2 Å². The summed E-state index contributed by atoms with van der Waals surface area (Å²) in [5.74, 6) is -0.348. The molecule has 4 aromatic rings. The fourth-order valence-corrected chi connectivity index (χ4v) is 6.70. The van der Waals surface area contributed by atoms with Crippen molar-refractivity contribution in [3.05, 3.63) is 119 Å². The molecule has 0 radical (unpaired) electrons. The number of hydrogen-bond donors (Lipinski definition) is 1. The summed E-state index contributed by atoms with van der Waals surface area (Å²) in [7, 11) is -1.46. The lowest BCUT2D eigenvalue weighted by Crippen LogP contribution is -2.53. The van der Waals surface area contributed by atoms with Crippen molar-refractivity contribution in [2.24, 2.45) is 0 Å². The number of anilines is 1. The Morgan fingerprint density at radius 2 is 1.53 bits per heavy atom. The highest BCUT2D eigenvalue weighted by molar-refractivity contribution is 7.92. The molecular formula is C36H40ClN3O6S. The molecule has 0 fully saturated rings. The van der Waals surface area contributed by atoms with Crippen molar-refractivity contribution in [3.8, 4) is 11.5 Å². The van der Waals surface area contributed by atoms with Crippen LogP contribution in [0.3, 0.4) is 0 Å². The lowest BCUT2D eigenvalue weighted by atomic mass is 10.0. The number of hydrogen-bond acceptors (Lipinski definition) is 6. The Labute approximate surface area is 282 Å². The van der Waals surface area contributed by atoms with E-state index in [9.17, 15) is 18.0 Å². The third kappa shape index (κ3) is 8.84. The van der Waals surface area contributed by atoms with Crippen molar-refractivity contribution in [2.75, 3.05) is 31.6 Å². The Morgan fingerprint density at radius 1 is 0.872 bits per heavy atom. The first-order chi connectivity index (χ1) is 22.6. The first-order valence-corrected chi connectivity index (χ1v) is 17.1. The van der Waals surface area contributed by atoms with Crippen molar-refractivity contribution < 1.29 is 27.5 Å². The molecule has 248 valence electrons. The number of carbonyl (C=O) groups is 2. The Bertz CT molecular complexity index is 1770. The summed E-state index contributed by atoms with van der Waals surface area (Å²) in [6.45, 7) is 3.64. The molecule has 1 atom stereocenters. The first-order valence-electron chi connectivity index (χ1n) is 15.2. The molecule has 0 aromatic heterocycles. The minimum absolute atomic E-state index is 0.0201. The molecule has 4 rings (SSSR count). The summed E-state index contributed by atoms with van der Waals surface area (Å²) < 4.78 is 40.4. The number of nitrogens with one attached hydrogen (secondary N) is 1. The number of benzene rings is 4. The summed E-state index contributed by atoms with van der Waals surface area (Å²) in [6, 6.07) is 26.6. The number of amides is 2. The maximum Gasteiger partial charge on any atom is 0.264 e. The number of ether oxygens (including phenoxy) is 2. The van der Waals surface area contributed by atoms with Crippen molar-refractivity contribution in [2.45, 2.75) is 44.2 Å². The van der Waals surface area contributed by atoms with E-state index in [-0.39, 0.29) is 35.2 Å². The molecule has 9 nitrogen and oxygen atoms in total. The lowest BCUT2D eigenvalue weighted by Gasteiger charge is -2.34. The number of methoxy groups -OCH3 is 2. The zero-order valence-electron chi connectivity index (χ0n) is 27.0. The van der Waals surface area contributed by atoms with E-state index in [4.69, 9.17) is 21.1 Å². The number of sulfonamides is 1. The van der Waals surface area contributed by atoms with Crippen LogP contribution in [0.4, 0.5) is 5.69 Å². The van der Waals surface area contributed by atoms with Gasteiger partial charge in [0.05, 0.1) is 24.8 Å². The van der Waals surface area contributed by atoms with Gasteiger partial charge in [0.2, 0.25) is 11.8 Å². The molecule has 2 amide bonds. The third-order valence-corrected chi connectivity index (χ3v) is 9.80. The van der Waals surface area contributed by atoms with E-state index in [1.165, 1.54) is 37.3 Å². The van der Waals surface area contributed by atoms with Gasteiger partial charge in [0.15, 0.2) is 11.5 Å². The van der Waals surface area contributed by atoms with Crippen LogP contribution in [0.15, 0.2) is 102 Å². The Morgan fingerprint density at radius 3 is 2.17 bits per heavy atom. The van der Waals surface area contributed by atoms with Gasteiger partial charge >= 0.3 is 0 Å². The minimum atomic E-state index is -4.33. The van der Waals surface area contributed by atoms with E-state index in [0.717, 1.165) is 15.4 Å². The molecule has 0 saturated heterocycles. The van der Waals surface area contributed by atoms with Crippen LogP contribution in [0.1, 0.15) is 30.0 Å². The lowest BCUT2D eigenvalue weighted by molar-refractivity contribution is -0.140. The summed E-state index contributed by atoms with van der Waals surface area (Å²) in [5, 5.41) is 3.36. The molecule has 4 aromatic carbocycles. The van der Waals surface area contributed by atoms with Crippen LogP contribution >= 0.6 is 11.6 Å². The quantitative estimate of drug-likeness (QED) is 0.165. The third-order valence-electron chi connectivity index (χ3n) is 7.66. The Hall–Kier alpha value is -4.54. The maximum atomic E-state index is 14.6. The van der Waals surface area contributed by atoms with Crippen LogP contribution in [0, 0.1) is 6.92 Å². The molecule has 0 saturated carbocycles. The van der Waals surface area contributed by atoms with Gasteiger partial charge in [-0.05, 0) is 54.8 Å². The number of carbonyl (C=O) groups excluding carboxylic acids is 2. The van der Waals surface area contributed by atoms with Gasteiger partial charge in [-0.25, -0.2) is 8.42 Å². The van der Waals surface area contributed by atoms with Crippen molar-refractivity contribution >= 4 is 39.1 Å². The SMILES string of the molecule is CCCNC(=O)C(Cc1ccccc1)N(Cc1ccccc1Cl)C(=O)CN(c1ccc(C)cc1)S(=O)(=O)c1ccc(OC)c(OC)c1. The van der Waals surface area contributed by atoms with Gasteiger partial charge in [-0.1, -0.05) is 84.8 Å². The molecule has 0 aliphatic rings. The van der Waals surface area contributed by atoms with Gasteiger partial charge in [0, 0.05) is 30.6 Å². The second-order valence-electron chi connectivity index (χ2n) is 11.0. The van der Waals surface area contributed by atoms with Crippen LogP contribution in [0.5, 0.6) is 11.5 Å². The predicted molar refractivity (Wildman–Crippen MR) is 184 cm³/mol. The number of halogens is 1. The second kappa shape index (κ2) is 16.3. The molecule has 11 heteroatoms. The van der Waals surface area contributed by atoms with E-state index < -0.39 is 28.5 Å². The maximum absolute atomic E-state index is 14.6. The van der Waals surface area contributed by atoms with E-state index >= 15 is 0 Å². The van der Waals surface area contributed by atoms with Crippen LogP contribution in [0.25, 0.3) is 0 Å². The molecule has 47 heavy (non-hydrogen) atoms. The van der Waals surface area contributed by atoms with Gasteiger partial charge in [-0.2, -0.15) is 0 Å². The average Bonchev–Trinajstić information content (AvgIpc) is 3.08. The second-order valence-corrected chi connectivity index (χ2v) is 13.2. The van der Waals surface area contributed by atoms with E-state index in [2.05, 4.69) is 5.32 Å². The normalized spacial score (nSPS) is 11.8. The molecule has 0 spiro atoms. The van der Waals surface area contributed by atoms with Crippen LogP contribution < -0.4 is 19.1 Å². The van der Waals surface area contributed by atoms with E-state index in [1.54, 1.807) is 48.5 Å². The number of nitrogens with zero attached hydrogens (tertiary/aromatic N) is 2. The summed E-state index contributed by atoms with van der Waals surface area (Å²) in [6.07, 6.45) is 0.909. The molecule has 1 N–H and O–H groups in total. The molecule has 0 heterocycles. The smallest absolute Gasteiger partial charge is 0.264 e. The van der Waals surface area contributed by atoms with Gasteiger partial charge in [0.1, 0.15) is 12.6 Å². The van der Waals surface area contributed by atoms with Crippen LogP contribution in [-0.2, 0) is 32.6 Å². The zero-order chi connectivity index (χ0) is 34.0. The molecular weight excluding hydrogens is 638 g/mol. The van der Waals surface area contributed by atoms with Crippen LogP contribution in [-0.4, -0.2) is 58.5 Å². The number of aryl methyl sites for hydroxylation is 1. The van der Waals surface area contributed by atoms with Crippen molar-refractivity contribution in [1.29, 1.82) is 0 Å². The first kappa shape index (κ1) is 35.3. The van der Waals surface area contributed by atoms with Gasteiger partial charge in [0.25, 0.3) is 10.0 Å². The predicted octanol–water partition coefficient (Wildman–Crippen LogP) is 6.03. The standard InChI is InChI=1S/C36H40ClN3O6S/c1-5-21-38-36(42)32(22-27-11-7-6-8-12-27)39(24-28-13-9-10-14-31(28)37)35(41)25-40(29-17-15-26(2)16-18-29)47(43,44)30-19-20-33(45-3)34(23-30)46-4/h6-20,23,32H,5,21-22,24-25H2,1-4H3,(H,38,42). The average molecular weight is 678 g/mol. The van der Waals surface area contributed by atoms with Gasteiger partial charge in [-0.15, -0.1) is 0 Å². The minimum Gasteiger partial charge on any atom is -0.493 e. The van der Waals surface area contributed by atoms with Crippen molar-refractivity contribution in [3.63, 3.8) is 0 Å². The van der Waals surface area contributed by atoms with E-state index in [0.29, 0.717) is 29.3 Å². The summed E-state index contributed by atoms with van der Waals surface area (Å²) in [4.78, 5) is 29.7. The van der Waals surface area contributed by atoms with Gasteiger partial charge < -0.3 is 19.7 Å². The van der Waals surface area contributed by atoms with E-state index in [1.807, 2.05) is 44.2 Å². The fraction of sp³-hybridized carbons (Fsp3) is 0.278. The van der Waals surface area contributed by atoms with Crippen LogP contribution in [0.2, 0.25) is 5.02 Å². The molecule has 0 aliphatic carbocycles. The highest BCUT2D eigenvalue weighted by Gasteiger charge is 2.35. The topological polar surface area (TPSA) is 105 Å². The highest BCUT2D eigenvalue weighted by atomic mass is 35.5. The molecule has 1 unspecified atom stereocenters. The fourth-order valence-electron chi connectivity index (χ4n) is 5.07. The summed E-state index contributed by atoms with van der Waals surface area (Å²) >= 11 is 6.56. The molecule has 0 aliphatic heterocycles. The Kier molecular flexibility index (Phi) is 12.3. The molecule has 0 bridgehead atoms.